The molecule has 0 bridgehead atoms. The fraction of sp³-hybridized carbons (Fsp3) is 0.259. The molecule has 0 saturated heterocycles. The number of carbonyl (C=O) groups is 3. The van der Waals surface area contributed by atoms with Gasteiger partial charge in [0, 0.05) is 54.5 Å². The summed E-state index contributed by atoms with van der Waals surface area (Å²) in [6, 6.07) is 20.9. The van der Waals surface area contributed by atoms with Crippen LogP contribution in [0.4, 0.5) is 8.78 Å². The minimum Gasteiger partial charge on any atom is -0.481 e. The van der Waals surface area contributed by atoms with Gasteiger partial charge in [-0.2, -0.15) is 19.6 Å². The van der Waals surface area contributed by atoms with E-state index in [1.807, 2.05) is 65.8 Å². The van der Waals surface area contributed by atoms with Crippen LogP contribution >= 0.6 is 0 Å². The van der Waals surface area contributed by atoms with Crippen LogP contribution in [0.1, 0.15) is 87.9 Å². The molecule has 3 aliphatic rings. The first-order valence-electron chi connectivity index (χ1n) is 22.0. The van der Waals surface area contributed by atoms with Gasteiger partial charge in [-0.05, 0) is 104 Å². The Labute approximate surface area is 384 Å². The van der Waals surface area contributed by atoms with Crippen molar-refractivity contribution in [3.63, 3.8) is 0 Å². The lowest BCUT2D eigenvalue weighted by molar-refractivity contribution is -0.118. The molecule has 10 rings (SSSR count). The zero-order valence-corrected chi connectivity index (χ0v) is 38.2. The number of ether oxygens (including phenoxy) is 1. The smallest absolute Gasteiger partial charge is 0.282 e. The molecule has 0 atom stereocenters. The lowest BCUT2D eigenvalue weighted by atomic mass is 9.86. The van der Waals surface area contributed by atoms with Gasteiger partial charge in [-0.15, -0.1) is 0 Å². The summed E-state index contributed by atoms with van der Waals surface area (Å²) in [7, 11) is 1.53. The third-order valence-corrected chi connectivity index (χ3v) is 12.6. The van der Waals surface area contributed by atoms with E-state index in [9.17, 15) is 24.0 Å². The number of hydrogen-bond donors (Lipinski definition) is 0. The van der Waals surface area contributed by atoms with Crippen LogP contribution in [0.15, 0.2) is 113 Å². The average Bonchev–Trinajstić information content (AvgIpc) is 3.50. The van der Waals surface area contributed by atoms with E-state index in [0.29, 0.717) is 44.8 Å². The minimum absolute atomic E-state index is 0.0210. The number of pyridine rings is 1. The Hall–Kier alpha value is -7.54. The Morgan fingerprint density at radius 2 is 1.10 bits per heavy atom. The number of fused-ring (bicyclic) bond motifs is 7. The van der Waals surface area contributed by atoms with Gasteiger partial charge >= 0.3 is 0 Å². The van der Waals surface area contributed by atoms with Crippen molar-refractivity contribution in [1.82, 2.24) is 24.5 Å². The van der Waals surface area contributed by atoms with E-state index in [-0.39, 0.29) is 71.1 Å². The minimum atomic E-state index is -0.588. The third kappa shape index (κ3) is 8.23. The predicted octanol–water partition coefficient (Wildman–Crippen LogP) is 9.18. The summed E-state index contributed by atoms with van der Waals surface area (Å²) in [5.41, 5.74) is 6.78. The van der Waals surface area contributed by atoms with Crippen molar-refractivity contribution in [1.29, 1.82) is 0 Å². The summed E-state index contributed by atoms with van der Waals surface area (Å²) < 4.78 is 37.9. The lowest BCUT2D eigenvalue weighted by Crippen LogP contribution is -2.24. The molecule has 0 N–H and O–H groups in total. The van der Waals surface area contributed by atoms with Crippen LogP contribution < -0.4 is 15.9 Å². The second kappa shape index (κ2) is 16.7. The Morgan fingerprint density at radius 1 is 0.582 bits per heavy atom. The second-order valence-corrected chi connectivity index (χ2v) is 19.3. The van der Waals surface area contributed by atoms with Crippen molar-refractivity contribution in [2.45, 2.75) is 84.5 Å². The summed E-state index contributed by atoms with van der Waals surface area (Å²) in [6.07, 6.45) is 7.07. The van der Waals surface area contributed by atoms with Crippen molar-refractivity contribution < 1.29 is 27.9 Å². The monoisotopic (exact) mass is 899 g/mol. The molecule has 0 saturated carbocycles. The standard InChI is InChI=1S/C27H24FN3O3.C27H23FN2O3/c1-27(2,3)16-10-15-14-29-31(26(33)25(15)21(28)11-16)23-7-5-6-18-19-8-9-24(34-4)30-22(19)13-17(32)12-20(18)23;1-27(2,3)17-9-16-14-29-30(26(33)25(16)23(28)12-17)24-6-4-5-21-20-8-7-18(31)10-15(20)11-19(32)13-22(21)24/h5-11,14H,12-13H2,1-4H3;4-9,12,14H,10-11,13H2,1-3H3. The molecule has 3 heterocycles. The molecule has 0 amide bonds. The molecule has 3 aromatic heterocycles. The van der Waals surface area contributed by atoms with E-state index in [4.69, 9.17) is 4.74 Å². The molecule has 7 aromatic rings. The SMILES string of the molecule is CC(C)(C)c1cc(F)c2c(=O)n(-c3cccc4c3CC(=O)CC3=C4C=CC(=O)C3)ncc2c1.COc1ccc2c(n1)CC(=O)Cc1c-2cccc1-n1ncc2cc(C(C)(C)C)cc(F)c2c1=O. The van der Waals surface area contributed by atoms with E-state index in [0.717, 1.165) is 39.0 Å². The van der Waals surface area contributed by atoms with Crippen LogP contribution in [0.25, 0.3) is 49.6 Å². The summed E-state index contributed by atoms with van der Waals surface area (Å²) in [6.45, 7) is 11.9. The molecule has 0 unspecified atom stereocenters. The number of nitrogens with zero attached hydrogens (tertiary/aromatic N) is 5. The van der Waals surface area contributed by atoms with E-state index < -0.39 is 22.8 Å². The van der Waals surface area contributed by atoms with Crippen LogP contribution in [0.2, 0.25) is 0 Å². The summed E-state index contributed by atoms with van der Waals surface area (Å²) in [5, 5.41) is 9.58. The van der Waals surface area contributed by atoms with Crippen LogP contribution in [0.5, 0.6) is 5.88 Å². The zero-order chi connectivity index (χ0) is 47.7. The fourth-order valence-electron chi connectivity index (χ4n) is 9.11. The average molecular weight is 900 g/mol. The normalized spacial score (nSPS) is 14.7. The van der Waals surface area contributed by atoms with Crippen LogP contribution in [0.3, 0.4) is 0 Å². The number of allylic oxidation sites excluding steroid dienone is 4. The number of hydrogen-bond acceptors (Lipinski definition) is 9. The molecular formula is C54H47F2N5O6. The third-order valence-electron chi connectivity index (χ3n) is 12.6. The van der Waals surface area contributed by atoms with E-state index in [1.54, 1.807) is 42.5 Å². The second-order valence-electron chi connectivity index (χ2n) is 19.3. The fourth-order valence-corrected chi connectivity index (χ4v) is 9.11. The number of rotatable bonds is 3. The van der Waals surface area contributed by atoms with Gasteiger partial charge < -0.3 is 4.74 Å². The molecular weight excluding hydrogens is 853 g/mol. The molecule has 3 aliphatic carbocycles. The largest absolute Gasteiger partial charge is 0.481 e. The number of carbonyl (C=O) groups excluding carboxylic acids is 3. The first-order valence-corrected chi connectivity index (χ1v) is 22.0. The van der Waals surface area contributed by atoms with Gasteiger partial charge in [-0.1, -0.05) is 71.9 Å². The van der Waals surface area contributed by atoms with Crippen molar-refractivity contribution >= 4 is 44.5 Å². The Bertz CT molecular complexity index is 3480. The topological polar surface area (TPSA) is 143 Å². The van der Waals surface area contributed by atoms with Gasteiger partial charge in [0.25, 0.3) is 11.1 Å². The molecule has 67 heavy (non-hydrogen) atoms. The Morgan fingerprint density at radius 3 is 1.64 bits per heavy atom. The highest BCUT2D eigenvalue weighted by atomic mass is 19.1. The quantitative estimate of drug-likeness (QED) is 0.170. The number of methoxy groups -OCH3 is 1. The molecule has 4 aromatic carbocycles. The molecule has 0 fully saturated rings. The van der Waals surface area contributed by atoms with Crippen molar-refractivity contribution in [2.24, 2.45) is 0 Å². The summed E-state index contributed by atoms with van der Waals surface area (Å²) >= 11 is 0. The van der Waals surface area contributed by atoms with Gasteiger partial charge in [0.15, 0.2) is 5.78 Å². The van der Waals surface area contributed by atoms with Gasteiger partial charge in [-0.3, -0.25) is 24.0 Å². The number of Topliss-reactive ketones (excluding diaryl/α,β-unsaturated/α-hetero) is 2. The maximum Gasteiger partial charge on any atom is 0.282 e. The number of benzene rings is 4. The van der Waals surface area contributed by atoms with Crippen LogP contribution in [0, 0.1) is 11.6 Å². The highest BCUT2D eigenvalue weighted by molar-refractivity contribution is 6.04. The summed E-state index contributed by atoms with van der Waals surface area (Å²) in [4.78, 5) is 68.8. The lowest BCUT2D eigenvalue weighted by Gasteiger charge is -2.20. The van der Waals surface area contributed by atoms with Crippen molar-refractivity contribution in [3.8, 4) is 28.4 Å². The van der Waals surface area contributed by atoms with Gasteiger partial charge in [0.2, 0.25) is 5.88 Å². The molecule has 13 heteroatoms. The van der Waals surface area contributed by atoms with Gasteiger partial charge in [-0.25, -0.2) is 13.8 Å². The van der Waals surface area contributed by atoms with Crippen LogP contribution in [-0.4, -0.2) is 49.0 Å². The molecule has 0 spiro atoms. The highest BCUT2D eigenvalue weighted by Gasteiger charge is 2.29. The number of ketones is 3. The van der Waals surface area contributed by atoms with E-state index in [1.165, 1.54) is 47.1 Å². The molecule has 0 radical (unpaired) electrons. The first kappa shape index (κ1) is 44.7. The van der Waals surface area contributed by atoms with Gasteiger partial charge in [0.05, 0.1) is 47.3 Å². The van der Waals surface area contributed by atoms with Crippen molar-refractivity contribution in [3.05, 3.63) is 169 Å². The van der Waals surface area contributed by atoms with Crippen molar-refractivity contribution in [2.75, 3.05) is 7.11 Å². The maximum absolute atomic E-state index is 15.2. The van der Waals surface area contributed by atoms with E-state index in [2.05, 4.69) is 15.2 Å². The number of aromatic nitrogens is 5. The number of halogens is 2. The Balaban J connectivity index is 0.000000168. The molecule has 0 aliphatic heterocycles. The Kier molecular flexibility index (Phi) is 11.1. The van der Waals surface area contributed by atoms with Crippen LogP contribution in [-0.2, 0) is 44.5 Å². The van der Waals surface area contributed by atoms with E-state index >= 15 is 8.78 Å². The van der Waals surface area contributed by atoms with Gasteiger partial charge in [0.1, 0.15) is 23.2 Å². The molecule has 338 valence electrons. The highest BCUT2D eigenvalue weighted by Crippen LogP contribution is 2.38. The zero-order valence-electron chi connectivity index (χ0n) is 38.2. The predicted molar refractivity (Wildman–Crippen MR) is 253 cm³/mol. The first-order chi connectivity index (χ1) is 31.8. The molecule has 11 nitrogen and oxygen atoms in total. The maximum atomic E-state index is 15.2. The summed E-state index contributed by atoms with van der Waals surface area (Å²) in [5.74, 6) is -0.837.